The smallest absolute Gasteiger partial charge is 0.364 e. The zero-order valence-corrected chi connectivity index (χ0v) is 29.5. The summed E-state index contributed by atoms with van der Waals surface area (Å²) in [7, 11) is 0. The molecule has 0 unspecified atom stereocenters. The molecule has 1 fully saturated rings. The molecule has 6 atom stereocenters. The summed E-state index contributed by atoms with van der Waals surface area (Å²) >= 11 is 0. The van der Waals surface area contributed by atoms with Crippen LogP contribution in [-0.4, -0.2) is 139 Å². The van der Waals surface area contributed by atoms with Gasteiger partial charge in [0, 0.05) is 31.6 Å². The Morgan fingerprint density at radius 1 is 1.00 bits per heavy atom. The van der Waals surface area contributed by atoms with Gasteiger partial charge in [-0.3, -0.25) is 19.2 Å². The maximum absolute atomic E-state index is 13.5. The third-order valence-corrected chi connectivity index (χ3v) is 8.38. The summed E-state index contributed by atoms with van der Waals surface area (Å²) in [5.74, 6) is -4.32. The molecular formula is C35H47FN4O14. The fraction of sp³-hybridized carbons (Fsp3) is 0.571. The van der Waals surface area contributed by atoms with E-state index in [1.165, 1.54) is 12.1 Å². The number of hydrogen-bond donors (Lipinski definition) is 9. The predicted molar refractivity (Wildman–Crippen MR) is 189 cm³/mol. The van der Waals surface area contributed by atoms with Gasteiger partial charge in [0.25, 0.3) is 22.6 Å². The standard InChI is InChI=1S/C35H47FN4O14/c1-2-12-51-15-16-52-14-11-38-28-27(30(46)31(28)47)37-10-5-3-4-6-13-53-35(34(49)50)18-23(42)26(40-25(44)20-41)32(54-35)29(45)24(43)19-39-33(48)21-8-7-9-22(36)17-21/h1,7-9,17,23-24,26,29,32,37-38,41-43,45H,3-6,10-16,18-20H2,(H,39,48)(H,40,44)(H,49,50)/t23-,24+,26+,29+,32+,35+/m0/s1. The Morgan fingerprint density at radius 3 is 2.35 bits per heavy atom. The van der Waals surface area contributed by atoms with Crippen LogP contribution in [0.2, 0.25) is 0 Å². The van der Waals surface area contributed by atoms with E-state index in [9.17, 15) is 53.9 Å². The summed E-state index contributed by atoms with van der Waals surface area (Å²) in [6.45, 7) is -0.0553. The van der Waals surface area contributed by atoms with E-state index >= 15 is 0 Å². The lowest BCUT2D eigenvalue weighted by molar-refractivity contribution is -0.310. The monoisotopic (exact) mass is 766 g/mol. The number of carboxylic acids is 1. The highest BCUT2D eigenvalue weighted by Gasteiger charge is 2.55. The number of ether oxygens (including phenoxy) is 4. The van der Waals surface area contributed by atoms with E-state index < -0.39 is 90.3 Å². The summed E-state index contributed by atoms with van der Waals surface area (Å²) in [6.07, 6.45) is -0.954. The molecule has 19 heteroatoms. The highest BCUT2D eigenvalue weighted by atomic mass is 19.1. The summed E-state index contributed by atoms with van der Waals surface area (Å²) in [5, 5.41) is 62.4. The molecule has 2 aromatic carbocycles. The summed E-state index contributed by atoms with van der Waals surface area (Å²) in [6, 6.07) is 3.16. The predicted octanol–water partition coefficient (Wildman–Crippen LogP) is -1.95. The summed E-state index contributed by atoms with van der Waals surface area (Å²) in [5.41, 5.74) is -0.983. The third kappa shape index (κ3) is 12.5. The van der Waals surface area contributed by atoms with Crippen LogP contribution in [0.25, 0.3) is 0 Å². The van der Waals surface area contributed by atoms with Gasteiger partial charge in [0.2, 0.25) is 5.91 Å². The first-order chi connectivity index (χ1) is 25.8. The van der Waals surface area contributed by atoms with Gasteiger partial charge < -0.3 is 65.7 Å². The minimum Gasteiger partial charge on any atom is -0.477 e. The summed E-state index contributed by atoms with van der Waals surface area (Å²) in [4.78, 5) is 60.9. The van der Waals surface area contributed by atoms with Crippen molar-refractivity contribution in [2.24, 2.45) is 0 Å². The van der Waals surface area contributed by atoms with Gasteiger partial charge >= 0.3 is 5.97 Å². The van der Waals surface area contributed by atoms with Crippen LogP contribution >= 0.6 is 0 Å². The number of anilines is 2. The van der Waals surface area contributed by atoms with Crippen molar-refractivity contribution in [1.29, 1.82) is 0 Å². The molecule has 0 saturated carbocycles. The number of aliphatic hydroxyl groups is 4. The van der Waals surface area contributed by atoms with Crippen molar-refractivity contribution in [1.82, 2.24) is 10.6 Å². The van der Waals surface area contributed by atoms with Crippen LogP contribution < -0.4 is 32.1 Å². The van der Waals surface area contributed by atoms with Gasteiger partial charge in [0.05, 0.1) is 44.7 Å². The van der Waals surface area contributed by atoms with Crippen LogP contribution in [0.1, 0.15) is 42.5 Å². The molecule has 0 aliphatic carbocycles. The fourth-order valence-electron chi connectivity index (χ4n) is 5.57. The van der Waals surface area contributed by atoms with Crippen molar-refractivity contribution in [3.63, 3.8) is 0 Å². The molecule has 2 amide bonds. The lowest BCUT2D eigenvalue weighted by Gasteiger charge is -2.46. The van der Waals surface area contributed by atoms with Crippen LogP contribution in [0, 0.1) is 18.2 Å². The minimum atomic E-state index is -2.52. The van der Waals surface area contributed by atoms with Gasteiger partial charge in [-0.05, 0) is 31.0 Å². The third-order valence-electron chi connectivity index (χ3n) is 8.38. The van der Waals surface area contributed by atoms with E-state index in [1.807, 2.05) is 0 Å². The lowest BCUT2D eigenvalue weighted by Crippen LogP contribution is -2.68. The molecular weight excluding hydrogens is 719 g/mol. The quantitative estimate of drug-likeness (QED) is 0.0302. The van der Waals surface area contributed by atoms with Crippen molar-refractivity contribution >= 4 is 29.2 Å². The number of hydrogen-bond acceptors (Lipinski definition) is 15. The molecule has 0 spiro atoms. The highest BCUT2D eigenvalue weighted by Crippen LogP contribution is 2.34. The number of carboxylic acid groups (broad SMARTS) is 1. The zero-order valence-electron chi connectivity index (χ0n) is 29.5. The largest absolute Gasteiger partial charge is 0.477 e. The van der Waals surface area contributed by atoms with Gasteiger partial charge in [-0.15, -0.1) is 6.42 Å². The number of terminal acetylenes is 1. The van der Waals surface area contributed by atoms with E-state index in [4.69, 9.17) is 25.4 Å². The Kier molecular flexibility index (Phi) is 17.9. The van der Waals surface area contributed by atoms with Crippen LogP contribution in [0.3, 0.4) is 0 Å². The Bertz CT molecular complexity index is 1650. The van der Waals surface area contributed by atoms with Crippen molar-refractivity contribution in [3.8, 4) is 12.3 Å². The molecule has 1 saturated heterocycles. The summed E-state index contributed by atoms with van der Waals surface area (Å²) < 4.78 is 35.3. The highest BCUT2D eigenvalue weighted by molar-refractivity contribution is 5.94. The molecule has 3 rings (SSSR count). The number of halogens is 1. The van der Waals surface area contributed by atoms with Crippen LogP contribution in [-0.2, 0) is 28.5 Å². The first-order valence-electron chi connectivity index (χ1n) is 17.3. The van der Waals surface area contributed by atoms with Gasteiger partial charge in [0.15, 0.2) is 0 Å². The number of aliphatic hydroxyl groups excluding tert-OH is 4. The van der Waals surface area contributed by atoms with Crippen LogP contribution in [0.15, 0.2) is 33.9 Å². The molecule has 0 aromatic heterocycles. The van der Waals surface area contributed by atoms with Crippen molar-refractivity contribution in [3.05, 3.63) is 56.1 Å². The number of rotatable bonds is 25. The van der Waals surface area contributed by atoms with Crippen molar-refractivity contribution in [2.75, 3.05) is 69.9 Å². The second-order valence-corrected chi connectivity index (χ2v) is 12.3. The van der Waals surface area contributed by atoms with Gasteiger partial charge in [-0.1, -0.05) is 24.8 Å². The van der Waals surface area contributed by atoms with E-state index in [0.717, 1.165) is 12.1 Å². The SMILES string of the molecule is C#CCOCCOCCNc1c(NCCCCCCO[C@]2(C(=O)O)C[C@H](O)[C@@H](NC(=O)CO)[C@H]([C@H](O)[C@H](O)CNC(=O)c3cccc(F)c3)O2)c(=O)c1=O. The number of carbonyl (C=O) groups is 3. The van der Waals surface area contributed by atoms with E-state index in [-0.39, 0.29) is 36.8 Å². The second kappa shape index (κ2) is 22.0. The normalized spacial score (nSPS) is 20.8. The molecule has 9 N–H and O–H groups in total. The Hall–Kier alpha value is -4.52. The number of amides is 2. The maximum atomic E-state index is 13.5. The fourth-order valence-corrected chi connectivity index (χ4v) is 5.57. The van der Waals surface area contributed by atoms with Gasteiger partial charge in [-0.2, -0.15) is 0 Å². The van der Waals surface area contributed by atoms with Crippen molar-refractivity contribution in [2.45, 2.75) is 68.3 Å². The number of unbranched alkanes of at least 4 members (excludes halogenated alkanes) is 3. The number of nitrogens with one attached hydrogen (secondary N) is 4. The average molecular weight is 767 g/mol. The zero-order chi connectivity index (χ0) is 39.7. The number of aliphatic carboxylic acids is 1. The Labute approximate surface area is 309 Å². The molecule has 0 radical (unpaired) electrons. The molecule has 18 nitrogen and oxygen atoms in total. The van der Waals surface area contributed by atoms with E-state index in [2.05, 4.69) is 27.2 Å². The second-order valence-electron chi connectivity index (χ2n) is 12.3. The van der Waals surface area contributed by atoms with E-state index in [0.29, 0.717) is 52.0 Å². The molecule has 298 valence electrons. The van der Waals surface area contributed by atoms with E-state index in [1.54, 1.807) is 0 Å². The number of carbonyl (C=O) groups excluding carboxylic acids is 2. The first kappa shape index (κ1) is 43.9. The first-order valence-corrected chi connectivity index (χ1v) is 17.3. The lowest BCUT2D eigenvalue weighted by atomic mass is 9.88. The average Bonchev–Trinajstić information content (AvgIpc) is 3.16. The van der Waals surface area contributed by atoms with Crippen LogP contribution in [0.4, 0.5) is 15.8 Å². The van der Waals surface area contributed by atoms with Gasteiger partial charge in [0.1, 0.15) is 42.6 Å². The van der Waals surface area contributed by atoms with Crippen LogP contribution in [0.5, 0.6) is 0 Å². The Balaban J connectivity index is 1.49. The molecule has 1 aliphatic rings. The molecule has 2 aromatic rings. The maximum Gasteiger partial charge on any atom is 0.364 e. The Morgan fingerprint density at radius 2 is 1.69 bits per heavy atom. The molecule has 1 aliphatic heterocycles. The number of benzene rings is 1. The molecule has 0 bridgehead atoms. The molecule has 54 heavy (non-hydrogen) atoms. The van der Waals surface area contributed by atoms with Gasteiger partial charge in [-0.25, -0.2) is 9.18 Å². The molecule has 1 heterocycles. The van der Waals surface area contributed by atoms with Crippen molar-refractivity contribution < 1.29 is 63.3 Å². The minimum absolute atomic E-state index is 0.0782. The topological polar surface area (TPSA) is 272 Å².